The Morgan fingerprint density at radius 1 is 1.15 bits per heavy atom. The van der Waals surface area contributed by atoms with Crippen LogP contribution in [0, 0.1) is 11.5 Å². The third-order valence-corrected chi connectivity index (χ3v) is 3.63. The first-order valence-electron chi connectivity index (χ1n) is 5.13. The number of rotatable bonds is 0. The van der Waals surface area contributed by atoms with Gasteiger partial charge in [0.15, 0.2) is 6.19 Å². The van der Waals surface area contributed by atoms with Crippen molar-refractivity contribution in [1.82, 2.24) is 9.80 Å². The summed E-state index contributed by atoms with van der Waals surface area (Å²) in [6.07, 6.45) is 7.15. The van der Waals surface area contributed by atoms with E-state index >= 15 is 0 Å². The summed E-state index contributed by atoms with van der Waals surface area (Å²) in [7, 11) is 2.17. The summed E-state index contributed by atoms with van der Waals surface area (Å²) < 4.78 is 0. The highest BCUT2D eigenvalue weighted by Gasteiger charge is 2.42. The van der Waals surface area contributed by atoms with Crippen LogP contribution in [0.5, 0.6) is 0 Å². The van der Waals surface area contributed by atoms with E-state index in [2.05, 4.69) is 18.1 Å². The van der Waals surface area contributed by atoms with Crippen LogP contribution in [0.1, 0.15) is 25.7 Å². The quantitative estimate of drug-likeness (QED) is 0.520. The highest BCUT2D eigenvalue weighted by molar-refractivity contribution is 5.03. The van der Waals surface area contributed by atoms with Crippen LogP contribution in [0.15, 0.2) is 0 Å². The van der Waals surface area contributed by atoms with Gasteiger partial charge in [0.2, 0.25) is 0 Å². The molecule has 2 fully saturated rings. The Kier molecular flexibility index (Phi) is 2.17. The predicted molar refractivity (Wildman–Crippen MR) is 51.0 cm³/mol. The molecule has 2 rings (SSSR count). The first-order valence-corrected chi connectivity index (χ1v) is 5.13. The average molecular weight is 179 g/mol. The maximum atomic E-state index is 9.01. The number of hydrogen-bond acceptors (Lipinski definition) is 3. The molecule has 72 valence electrons. The molecule has 0 radical (unpaired) electrons. The van der Waals surface area contributed by atoms with Crippen LogP contribution in [-0.4, -0.2) is 42.0 Å². The van der Waals surface area contributed by atoms with Crippen LogP contribution in [0.4, 0.5) is 0 Å². The molecule has 0 aromatic rings. The highest BCUT2D eigenvalue weighted by Crippen LogP contribution is 2.37. The van der Waals surface area contributed by atoms with E-state index in [9.17, 15) is 0 Å². The van der Waals surface area contributed by atoms with Gasteiger partial charge in [0, 0.05) is 19.6 Å². The first kappa shape index (κ1) is 8.83. The Balaban J connectivity index is 2.08. The van der Waals surface area contributed by atoms with Crippen molar-refractivity contribution in [3.8, 4) is 6.19 Å². The molecule has 0 aromatic heterocycles. The summed E-state index contributed by atoms with van der Waals surface area (Å²) in [5.74, 6) is 0. The largest absolute Gasteiger partial charge is 0.306 e. The molecule has 0 N–H and O–H groups in total. The highest BCUT2D eigenvalue weighted by atomic mass is 15.2. The molecule has 2 aliphatic rings. The standard InChI is InChI=1S/C10H17N3/c1-12-7-4-10(5-8-12)3-2-6-13(10)9-11/h2-8H2,1H3. The van der Waals surface area contributed by atoms with Gasteiger partial charge in [-0.3, -0.25) is 0 Å². The van der Waals surface area contributed by atoms with E-state index in [1.165, 1.54) is 25.7 Å². The lowest BCUT2D eigenvalue weighted by Gasteiger charge is -2.41. The molecule has 0 aromatic carbocycles. The molecular weight excluding hydrogens is 162 g/mol. The third-order valence-electron chi connectivity index (χ3n) is 3.63. The fraction of sp³-hybridized carbons (Fsp3) is 0.900. The normalized spacial score (nSPS) is 27.8. The smallest absolute Gasteiger partial charge is 0.179 e. The maximum Gasteiger partial charge on any atom is 0.179 e. The summed E-state index contributed by atoms with van der Waals surface area (Å²) in [6.45, 7) is 3.29. The molecule has 0 amide bonds. The lowest BCUT2D eigenvalue weighted by Crippen LogP contribution is -2.49. The maximum absolute atomic E-state index is 9.01. The minimum Gasteiger partial charge on any atom is -0.306 e. The molecule has 0 atom stereocenters. The summed E-state index contributed by atoms with van der Waals surface area (Å²) in [5.41, 5.74) is 0.251. The first-order chi connectivity index (χ1) is 6.27. The Bertz CT molecular complexity index is 223. The van der Waals surface area contributed by atoms with Crippen molar-refractivity contribution >= 4 is 0 Å². The van der Waals surface area contributed by atoms with Gasteiger partial charge >= 0.3 is 0 Å². The third kappa shape index (κ3) is 1.40. The van der Waals surface area contributed by atoms with E-state index in [-0.39, 0.29) is 5.54 Å². The van der Waals surface area contributed by atoms with Gasteiger partial charge in [-0.15, -0.1) is 0 Å². The zero-order chi connectivity index (χ0) is 9.31. The van der Waals surface area contributed by atoms with Gasteiger partial charge in [0.1, 0.15) is 0 Å². The van der Waals surface area contributed by atoms with Gasteiger partial charge in [0.05, 0.1) is 5.54 Å². The van der Waals surface area contributed by atoms with Crippen molar-refractivity contribution in [2.75, 3.05) is 26.7 Å². The molecule has 0 unspecified atom stereocenters. The van der Waals surface area contributed by atoms with Crippen LogP contribution < -0.4 is 0 Å². The summed E-state index contributed by atoms with van der Waals surface area (Å²) in [4.78, 5) is 4.39. The number of likely N-dealkylation sites (tertiary alicyclic amines) is 2. The van der Waals surface area contributed by atoms with E-state index in [4.69, 9.17) is 5.26 Å². The molecular formula is C10H17N3. The fourth-order valence-corrected chi connectivity index (χ4v) is 2.65. The van der Waals surface area contributed by atoms with Crippen molar-refractivity contribution in [3.63, 3.8) is 0 Å². The Hall–Kier alpha value is -0.750. The minimum atomic E-state index is 0.251. The van der Waals surface area contributed by atoms with Gasteiger partial charge in [-0.2, -0.15) is 5.26 Å². The van der Waals surface area contributed by atoms with Crippen LogP contribution >= 0.6 is 0 Å². The lowest BCUT2D eigenvalue weighted by atomic mass is 9.85. The molecule has 0 saturated carbocycles. The van der Waals surface area contributed by atoms with Crippen LogP contribution in [0.25, 0.3) is 0 Å². The van der Waals surface area contributed by atoms with E-state index in [1.807, 2.05) is 4.90 Å². The van der Waals surface area contributed by atoms with E-state index < -0.39 is 0 Å². The molecule has 13 heavy (non-hydrogen) atoms. The molecule has 0 bridgehead atoms. The number of nitrogens with zero attached hydrogens (tertiary/aromatic N) is 3. The van der Waals surface area contributed by atoms with Crippen molar-refractivity contribution in [2.45, 2.75) is 31.2 Å². The van der Waals surface area contributed by atoms with Crippen molar-refractivity contribution in [1.29, 1.82) is 5.26 Å². The van der Waals surface area contributed by atoms with Gasteiger partial charge in [-0.05, 0) is 32.7 Å². The Morgan fingerprint density at radius 3 is 2.46 bits per heavy atom. The molecule has 3 heteroatoms. The Morgan fingerprint density at radius 2 is 1.85 bits per heavy atom. The number of nitriles is 1. The van der Waals surface area contributed by atoms with E-state index in [0.717, 1.165) is 19.6 Å². The van der Waals surface area contributed by atoms with Crippen molar-refractivity contribution in [3.05, 3.63) is 0 Å². The van der Waals surface area contributed by atoms with E-state index in [1.54, 1.807) is 0 Å². The second kappa shape index (κ2) is 3.19. The van der Waals surface area contributed by atoms with Crippen molar-refractivity contribution < 1.29 is 0 Å². The SMILES string of the molecule is CN1CCC2(CCCN2C#N)CC1. The van der Waals surface area contributed by atoms with Gasteiger partial charge < -0.3 is 9.80 Å². The van der Waals surface area contributed by atoms with Gasteiger partial charge in [-0.1, -0.05) is 0 Å². The zero-order valence-electron chi connectivity index (χ0n) is 8.29. The minimum absolute atomic E-state index is 0.251. The van der Waals surface area contributed by atoms with Crippen LogP contribution in [0.2, 0.25) is 0 Å². The van der Waals surface area contributed by atoms with Crippen molar-refractivity contribution in [2.24, 2.45) is 0 Å². The van der Waals surface area contributed by atoms with Gasteiger partial charge in [0.25, 0.3) is 0 Å². The molecule has 2 aliphatic heterocycles. The monoisotopic (exact) mass is 179 g/mol. The summed E-state index contributed by atoms with van der Waals surface area (Å²) >= 11 is 0. The number of piperidine rings is 1. The van der Waals surface area contributed by atoms with Crippen LogP contribution in [0.3, 0.4) is 0 Å². The molecule has 3 nitrogen and oxygen atoms in total. The topological polar surface area (TPSA) is 30.3 Å². The average Bonchev–Trinajstić information content (AvgIpc) is 2.54. The number of hydrogen-bond donors (Lipinski definition) is 0. The van der Waals surface area contributed by atoms with E-state index in [0.29, 0.717) is 0 Å². The summed E-state index contributed by atoms with van der Waals surface area (Å²) in [5, 5.41) is 9.01. The molecule has 2 saturated heterocycles. The fourth-order valence-electron chi connectivity index (χ4n) is 2.65. The molecule has 1 spiro atoms. The predicted octanol–water partition coefficient (Wildman–Crippen LogP) is 1.03. The van der Waals surface area contributed by atoms with Crippen LogP contribution in [-0.2, 0) is 0 Å². The second-order valence-electron chi connectivity index (χ2n) is 4.38. The Labute approximate surface area is 79.9 Å². The summed E-state index contributed by atoms with van der Waals surface area (Å²) in [6, 6.07) is 0. The second-order valence-corrected chi connectivity index (χ2v) is 4.38. The molecule has 2 heterocycles. The molecule has 0 aliphatic carbocycles. The zero-order valence-corrected chi connectivity index (χ0v) is 8.29. The van der Waals surface area contributed by atoms with Gasteiger partial charge in [-0.25, -0.2) is 0 Å². The lowest BCUT2D eigenvalue weighted by molar-refractivity contribution is 0.103.